The lowest BCUT2D eigenvalue weighted by Gasteiger charge is -2.07. The molecule has 0 spiro atoms. The van der Waals surface area contributed by atoms with Crippen LogP contribution in [0.3, 0.4) is 0 Å². The van der Waals surface area contributed by atoms with Gasteiger partial charge in [0.1, 0.15) is 5.69 Å². The first-order chi connectivity index (χ1) is 13.7. The maximum absolute atomic E-state index is 13.3. The number of nitrogens with one attached hydrogen (secondary N) is 1. The highest BCUT2D eigenvalue weighted by molar-refractivity contribution is 5.26. The van der Waals surface area contributed by atoms with Crippen LogP contribution in [0.25, 0.3) is 0 Å². The lowest BCUT2D eigenvalue weighted by Crippen LogP contribution is -1.97. The Morgan fingerprint density at radius 1 is 0.643 bits per heavy atom. The predicted molar refractivity (Wildman–Crippen MR) is 116 cm³/mol. The summed E-state index contributed by atoms with van der Waals surface area (Å²) < 4.78 is 26.6. The Morgan fingerprint density at radius 3 is 1.54 bits per heavy atom. The van der Waals surface area contributed by atoms with Crippen molar-refractivity contribution in [1.82, 2.24) is 10.2 Å². The zero-order chi connectivity index (χ0) is 20.5. The average molecular weight is 399 g/mol. The molecule has 0 radical (unpaired) electrons. The van der Waals surface area contributed by atoms with Crippen LogP contribution in [0, 0.1) is 0 Å². The summed E-state index contributed by atoms with van der Waals surface area (Å²) in [5, 5.41) is 6.86. The first-order valence-corrected chi connectivity index (χ1v) is 12.0. The van der Waals surface area contributed by atoms with Crippen LogP contribution in [0.2, 0.25) is 0 Å². The van der Waals surface area contributed by atoms with Gasteiger partial charge < -0.3 is 0 Å². The SMILES string of the molecule is CCCCCCCCCCc1[nH]nc(C(F)F)c1CCCCCCCCCC. The largest absolute Gasteiger partial charge is 0.282 e. The third-order valence-corrected chi connectivity index (χ3v) is 5.75. The van der Waals surface area contributed by atoms with Crippen LogP contribution in [-0.2, 0) is 12.8 Å². The third kappa shape index (κ3) is 11.2. The summed E-state index contributed by atoms with van der Waals surface area (Å²) in [4.78, 5) is 0. The quantitative estimate of drug-likeness (QED) is 0.232. The number of unbranched alkanes of at least 4 members (excludes halogenated alkanes) is 14. The molecular formula is C24H44F2N2. The van der Waals surface area contributed by atoms with E-state index in [4.69, 9.17) is 0 Å². The van der Waals surface area contributed by atoms with E-state index in [0.717, 1.165) is 43.4 Å². The van der Waals surface area contributed by atoms with Gasteiger partial charge in [0.15, 0.2) is 0 Å². The van der Waals surface area contributed by atoms with Gasteiger partial charge >= 0.3 is 0 Å². The molecule has 0 unspecified atom stereocenters. The zero-order valence-electron chi connectivity index (χ0n) is 18.5. The molecule has 0 aliphatic rings. The second-order valence-corrected chi connectivity index (χ2v) is 8.32. The Balaban J connectivity index is 2.28. The molecule has 1 aromatic heterocycles. The summed E-state index contributed by atoms with van der Waals surface area (Å²) >= 11 is 0. The summed E-state index contributed by atoms with van der Waals surface area (Å²) in [7, 11) is 0. The fourth-order valence-corrected chi connectivity index (χ4v) is 3.95. The van der Waals surface area contributed by atoms with E-state index in [0.29, 0.717) is 0 Å². The minimum Gasteiger partial charge on any atom is -0.282 e. The molecule has 2 nitrogen and oxygen atoms in total. The van der Waals surface area contributed by atoms with E-state index in [1.165, 1.54) is 83.5 Å². The van der Waals surface area contributed by atoms with Crippen molar-refractivity contribution in [2.24, 2.45) is 0 Å². The molecule has 0 saturated heterocycles. The number of aromatic amines is 1. The van der Waals surface area contributed by atoms with Gasteiger partial charge in [0.05, 0.1) is 0 Å². The number of halogens is 2. The van der Waals surface area contributed by atoms with Crippen LogP contribution in [0.5, 0.6) is 0 Å². The van der Waals surface area contributed by atoms with Gasteiger partial charge in [-0.05, 0) is 25.7 Å². The zero-order valence-corrected chi connectivity index (χ0v) is 18.5. The van der Waals surface area contributed by atoms with Gasteiger partial charge in [-0.2, -0.15) is 5.10 Å². The second-order valence-electron chi connectivity index (χ2n) is 8.32. The molecule has 0 saturated carbocycles. The standard InChI is InChI=1S/C24H44F2N2/c1-3-5-7-9-11-13-15-17-19-21-22(27-28-23(21)24(25)26)20-18-16-14-12-10-8-6-4-2/h24H,3-20H2,1-2H3,(H,27,28). The van der Waals surface area contributed by atoms with Crippen LogP contribution in [0.1, 0.15) is 140 Å². The molecule has 1 heterocycles. The van der Waals surface area contributed by atoms with Crippen LogP contribution in [0.4, 0.5) is 8.78 Å². The number of rotatable bonds is 19. The summed E-state index contributed by atoms with van der Waals surface area (Å²) in [6, 6.07) is 0. The van der Waals surface area contributed by atoms with Crippen molar-refractivity contribution >= 4 is 0 Å². The molecule has 164 valence electrons. The third-order valence-electron chi connectivity index (χ3n) is 5.75. The normalized spacial score (nSPS) is 11.6. The summed E-state index contributed by atoms with van der Waals surface area (Å²) in [5.74, 6) is 0. The van der Waals surface area contributed by atoms with Gasteiger partial charge in [-0.15, -0.1) is 0 Å². The maximum Gasteiger partial charge on any atom is 0.282 e. The van der Waals surface area contributed by atoms with Crippen molar-refractivity contribution in [3.05, 3.63) is 17.0 Å². The monoisotopic (exact) mass is 398 g/mol. The molecule has 0 aliphatic heterocycles. The lowest BCUT2D eigenvalue weighted by molar-refractivity contribution is 0.145. The van der Waals surface area contributed by atoms with Crippen molar-refractivity contribution in [3.8, 4) is 0 Å². The van der Waals surface area contributed by atoms with E-state index < -0.39 is 6.43 Å². The number of hydrogen-bond acceptors (Lipinski definition) is 1. The number of aryl methyl sites for hydroxylation is 1. The van der Waals surface area contributed by atoms with Crippen molar-refractivity contribution in [2.75, 3.05) is 0 Å². The van der Waals surface area contributed by atoms with Gasteiger partial charge in [0.2, 0.25) is 0 Å². The Morgan fingerprint density at radius 2 is 1.07 bits per heavy atom. The van der Waals surface area contributed by atoms with E-state index in [1.54, 1.807) is 0 Å². The van der Waals surface area contributed by atoms with Crippen LogP contribution < -0.4 is 0 Å². The van der Waals surface area contributed by atoms with Crippen LogP contribution in [-0.4, -0.2) is 10.2 Å². The van der Waals surface area contributed by atoms with Gasteiger partial charge in [-0.3, -0.25) is 5.10 Å². The smallest absolute Gasteiger partial charge is 0.282 e. The molecule has 0 aromatic carbocycles. The average Bonchev–Trinajstić information content (AvgIpc) is 3.09. The Kier molecular flexibility index (Phi) is 15.2. The molecule has 4 heteroatoms. The molecule has 0 aliphatic carbocycles. The highest BCUT2D eigenvalue weighted by Gasteiger charge is 2.20. The lowest BCUT2D eigenvalue weighted by atomic mass is 9.99. The topological polar surface area (TPSA) is 28.7 Å². The summed E-state index contributed by atoms with van der Waals surface area (Å²) in [6.45, 7) is 4.47. The summed E-state index contributed by atoms with van der Waals surface area (Å²) in [5.41, 5.74) is 1.77. The number of hydrogen-bond donors (Lipinski definition) is 1. The van der Waals surface area contributed by atoms with E-state index in [-0.39, 0.29) is 5.69 Å². The Hall–Kier alpha value is -0.930. The highest BCUT2D eigenvalue weighted by Crippen LogP contribution is 2.26. The van der Waals surface area contributed by atoms with E-state index in [9.17, 15) is 8.78 Å². The molecule has 0 fully saturated rings. The molecule has 0 amide bonds. The van der Waals surface area contributed by atoms with Crippen molar-refractivity contribution in [1.29, 1.82) is 0 Å². The van der Waals surface area contributed by atoms with Gasteiger partial charge in [-0.25, -0.2) is 8.78 Å². The number of alkyl halides is 2. The predicted octanol–water partition coefficient (Wildman–Crippen LogP) is 8.71. The van der Waals surface area contributed by atoms with E-state index in [2.05, 4.69) is 24.0 Å². The molecular weight excluding hydrogens is 354 g/mol. The molecule has 1 N–H and O–H groups in total. The van der Waals surface area contributed by atoms with Crippen molar-refractivity contribution < 1.29 is 8.78 Å². The highest BCUT2D eigenvalue weighted by atomic mass is 19.3. The second kappa shape index (κ2) is 17.0. The van der Waals surface area contributed by atoms with Crippen LogP contribution in [0.15, 0.2) is 0 Å². The van der Waals surface area contributed by atoms with Gasteiger partial charge in [-0.1, -0.05) is 104 Å². The van der Waals surface area contributed by atoms with Gasteiger partial charge in [0.25, 0.3) is 6.43 Å². The number of H-pyrrole nitrogens is 1. The Bertz CT molecular complexity index is 471. The molecule has 28 heavy (non-hydrogen) atoms. The first-order valence-electron chi connectivity index (χ1n) is 12.0. The molecule has 0 atom stereocenters. The summed E-state index contributed by atoms with van der Waals surface area (Å²) in [6.07, 6.45) is 19.1. The molecule has 1 aromatic rings. The Labute approximate surface area is 172 Å². The maximum atomic E-state index is 13.3. The van der Waals surface area contributed by atoms with Crippen LogP contribution >= 0.6 is 0 Å². The minimum atomic E-state index is -2.47. The fourth-order valence-electron chi connectivity index (χ4n) is 3.95. The molecule has 1 rings (SSSR count). The first kappa shape index (κ1) is 25.1. The number of aromatic nitrogens is 2. The molecule has 0 bridgehead atoms. The van der Waals surface area contributed by atoms with E-state index in [1.807, 2.05) is 0 Å². The fraction of sp³-hybridized carbons (Fsp3) is 0.875. The van der Waals surface area contributed by atoms with Gasteiger partial charge in [0, 0.05) is 11.3 Å². The van der Waals surface area contributed by atoms with E-state index >= 15 is 0 Å². The minimum absolute atomic E-state index is 0.00230. The van der Waals surface area contributed by atoms with Crippen molar-refractivity contribution in [3.63, 3.8) is 0 Å². The number of nitrogens with zero attached hydrogens (tertiary/aromatic N) is 1. The van der Waals surface area contributed by atoms with Crippen molar-refractivity contribution in [2.45, 2.75) is 136 Å².